The SMILES string of the molecule is C=CC(=C)/C=C\C(=C)C(=C)/C=C\C(=C)C(C)CCC(C)C. The Hall–Kier alpha value is -1.82. The van der Waals surface area contributed by atoms with Gasteiger partial charge in [-0.1, -0.05) is 96.0 Å². The first-order valence-corrected chi connectivity index (χ1v) is 7.52. The summed E-state index contributed by atoms with van der Waals surface area (Å²) in [4.78, 5) is 0. The molecule has 114 valence electrons. The van der Waals surface area contributed by atoms with Crippen LogP contribution in [0.1, 0.15) is 33.6 Å². The Kier molecular flexibility index (Phi) is 9.12. The van der Waals surface area contributed by atoms with E-state index in [4.69, 9.17) is 0 Å². The summed E-state index contributed by atoms with van der Waals surface area (Å²) in [6.45, 7) is 26.4. The van der Waals surface area contributed by atoms with Gasteiger partial charge in [-0.25, -0.2) is 0 Å². The molecule has 0 aliphatic carbocycles. The van der Waals surface area contributed by atoms with E-state index in [2.05, 4.69) is 59.7 Å². The minimum absolute atomic E-state index is 0.501. The van der Waals surface area contributed by atoms with Crippen molar-refractivity contribution in [3.63, 3.8) is 0 Å². The summed E-state index contributed by atoms with van der Waals surface area (Å²) in [5.41, 5.74) is 3.76. The van der Waals surface area contributed by atoms with Crippen molar-refractivity contribution < 1.29 is 0 Å². The van der Waals surface area contributed by atoms with E-state index in [9.17, 15) is 0 Å². The number of hydrogen-bond donors (Lipinski definition) is 0. The van der Waals surface area contributed by atoms with E-state index >= 15 is 0 Å². The van der Waals surface area contributed by atoms with Gasteiger partial charge in [0.15, 0.2) is 0 Å². The second-order valence-corrected chi connectivity index (χ2v) is 5.94. The molecule has 0 aliphatic rings. The number of hydrogen-bond acceptors (Lipinski definition) is 0. The molecule has 0 fully saturated rings. The van der Waals surface area contributed by atoms with Gasteiger partial charge in [-0.2, -0.15) is 0 Å². The van der Waals surface area contributed by atoms with Crippen LogP contribution in [0.15, 0.2) is 85.6 Å². The van der Waals surface area contributed by atoms with Gasteiger partial charge in [0.1, 0.15) is 0 Å². The van der Waals surface area contributed by atoms with Crippen LogP contribution in [0, 0.1) is 11.8 Å². The molecule has 0 rings (SSSR count). The van der Waals surface area contributed by atoms with Crippen LogP contribution in [0.3, 0.4) is 0 Å². The molecule has 21 heavy (non-hydrogen) atoms. The fraction of sp³-hybridized carbons (Fsp3) is 0.333. The van der Waals surface area contributed by atoms with Crippen LogP contribution in [0.4, 0.5) is 0 Å². The molecule has 0 radical (unpaired) electrons. The standard InChI is InChI=1S/C21H30/c1-9-17(4)11-13-19(6)21(8)15-14-20(7)18(5)12-10-16(2)3/h9,11,13-16,18H,1,4,6-8,10,12H2,2-3,5H3/b13-11-,15-14-. The maximum atomic E-state index is 4.15. The first kappa shape index (κ1) is 19.2. The van der Waals surface area contributed by atoms with Crippen LogP contribution < -0.4 is 0 Å². The predicted octanol–water partition coefficient (Wildman–Crippen LogP) is 6.58. The second kappa shape index (κ2) is 9.99. The minimum atomic E-state index is 0.501. The normalized spacial score (nSPS) is 12.8. The highest BCUT2D eigenvalue weighted by Gasteiger charge is 2.05. The highest BCUT2D eigenvalue weighted by atomic mass is 14.1. The summed E-state index contributed by atoms with van der Waals surface area (Å²) >= 11 is 0. The molecule has 0 aliphatic heterocycles. The average Bonchev–Trinajstić information content (AvgIpc) is 2.46. The molecule has 0 saturated heterocycles. The van der Waals surface area contributed by atoms with Crippen LogP contribution in [0.25, 0.3) is 0 Å². The largest absolute Gasteiger partial charge is 0.0985 e. The zero-order valence-electron chi connectivity index (χ0n) is 14.0. The van der Waals surface area contributed by atoms with Crippen LogP contribution >= 0.6 is 0 Å². The van der Waals surface area contributed by atoms with Crippen molar-refractivity contribution in [3.8, 4) is 0 Å². The highest BCUT2D eigenvalue weighted by molar-refractivity contribution is 5.46. The lowest BCUT2D eigenvalue weighted by Crippen LogP contribution is -1.99. The van der Waals surface area contributed by atoms with E-state index in [0.717, 1.165) is 28.2 Å². The lowest BCUT2D eigenvalue weighted by atomic mass is 9.93. The zero-order chi connectivity index (χ0) is 16.4. The Bertz CT molecular complexity index is 466. The lowest BCUT2D eigenvalue weighted by molar-refractivity contribution is 0.494. The third kappa shape index (κ3) is 8.86. The van der Waals surface area contributed by atoms with Gasteiger partial charge in [0.25, 0.3) is 0 Å². The van der Waals surface area contributed by atoms with Crippen LogP contribution in [-0.4, -0.2) is 0 Å². The van der Waals surface area contributed by atoms with Crippen molar-refractivity contribution in [2.45, 2.75) is 33.6 Å². The molecule has 0 aromatic carbocycles. The predicted molar refractivity (Wildman–Crippen MR) is 98.3 cm³/mol. The van der Waals surface area contributed by atoms with Crippen molar-refractivity contribution in [1.82, 2.24) is 0 Å². The minimum Gasteiger partial charge on any atom is -0.0985 e. The second-order valence-electron chi connectivity index (χ2n) is 5.94. The van der Waals surface area contributed by atoms with E-state index in [1.54, 1.807) is 6.08 Å². The highest BCUT2D eigenvalue weighted by Crippen LogP contribution is 2.20. The summed E-state index contributed by atoms with van der Waals surface area (Å²) in [5, 5.41) is 0. The quantitative estimate of drug-likeness (QED) is 0.397. The number of allylic oxidation sites excluding steroid dienone is 9. The van der Waals surface area contributed by atoms with Crippen molar-refractivity contribution in [2.75, 3.05) is 0 Å². The van der Waals surface area contributed by atoms with Gasteiger partial charge >= 0.3 is 0 Å². The van der Waals surface area contributed by atoms with Gasteiger partial charge in [-0.3, -0.25) is 0 Å². The molecular formula is C21H30. The van der Waals surface area contributed by atoms with Gasteiger partial charge in [0, 0.05) is 0 Å². The third-order valence-electron chi connectivity index (χ3n) is 3.48. The Morgan fingerprint density at radius 1 is 0.810 bits per heavy atom. The maximum Gasteiger partial charge on any atom is -0.0196 e. The van der Waals surface area contributed by atoms with Gasteiger partial charge in [0.2, 0.25) is 0 Å². The molecule has 0 aromatic rings. The Morgan fingerprint density at radius 3 is 1.81 bits per heavy atom. The van der Waals surface area contributed by atoms with Crippen molar-refractivity contribution in [3.05, 3.63) is 85.6 Å². The van der Waals surface area contributed by atoms with E-state index < -0.39 is 0 Å². The van der Waals surface area contributed by atoms with Crippen LogP contribution in [0.5, 0.6) is 0 Å². The van der Waals surface area contributed by atoms with Crippen molar-refractivity contribution in [1.29, 1.82) is 0 Å². The molecule has 1 atom stereocenters. The molecule has 0 N–H and O–H groups in total. The van der Waals surface area contributed by atoms with Gasteiger partial charge in [-0.15, -0.1) is 0 Å². The molecule has 0 nitrogen and oxygen atoms in total. The zero-order valence-corrected chi connectivity index (χ0v) is 14.0. The van der Waals surface area contributed by atoms with E-state index in [-0.39, 0.29) is 0 Å². The van der Waals surface area contributed by atoms with Crippen molar-refractivity contribution in [2.24, 2.45) is 11.8 Å². The van der Waals surface area contributed by atoms with E-state index in [1.807, 2.05) is 18.2 Å². The molecule has 0 spiro atoms. The van der Waals surface area contributed by atoms with Crippen LogP contribution in [0.2, 0.25) is 0 Å². The summed E-state index contributed by atoms with van der Waals surface area (Å²) in [6.07, 6.45) is 11.9. The molecule has 0 heteroatoms. The van der Waals surface area contributed by atoms with Gasteiger partial charge in [0.05, 0.1) is 0 Å². The molecule has 0 bridgehead atoms. The monoisotopic (exact) mass is 282 g/mol. The lowest BCUT2D eigenvalue weighted by Gasteiger charge is -2.13. The number of rotatable bonds is 10. The fourth-order valence-electron chi connectivity index (χ4n) is 1.63. The molecule has 0 aromatic heterocycles. The summed E-state index contributed by atoms with van der Waals surface area (Å²) in [7, 11) is 0. The van der Waals surface area contributed by atoms with Crippen molar-refractivity contribution >= 4 is 0 Å². The summed E-state index contributed by atoms with van der Waals surface area (Å²) in [6, 6.07) is 0. The first-order chi connectivity index (χ1) is 9.77. The van der Waals surface area contributed by atoms with Crippen LogP contribution in [-0.2, 0) is 0 Å². The maximum absolute atomic E-state index is 4.15. The Labute approximate surface area is 131 Å². The molecule has 0 saturated carbocycles. The van der Waals surface area contributed by atoms with E-state index in [0.29, 0.717) is 5.92 Å². The molecular weight excluding hydrogens is 252 g/mol. The van der Waals surface area contributed by atoms with Gasteiger partial charge in [-0.05, 0) is 35.0 Å². The van der Waals surface area contributed by atoms with Gasteiger partial charge < -0.3 is 0 Å². The average molecular weight is 282 g/mol. The molecule has 0 amide bonds. The Balaban J connectivity index is 4.45. The Morgan fingerprint density at radius 2 is 1.33 bits per heavy atom. The topological polar surface area (TPSA) is 0 Å². The smallest absolute Gasteiger partial charge is 0.0196 e. The summed E-state index contributed by atoms with van der Waals surface area (Å²) in [5.74, 6) is 1.24. The molecule has 0 heterocycles. The third-order valence-corrected chi connectivity index (χ3v) is 3.48. The summed E-state index contributed by atoms with van der Waals surface area (Å²) < 4.78 is 0. The first-order valence-electron chi connectivity index (χ1n) is 7.52. The van der Waals surface area contributed by atoms with E-state index in [1.165, 1.54) is 12.8 Å². The fourth-order valence-corrected chi connectivity index (χ4v) is 1.63. The molecule has 1 unspecified atom stereocenters.